The molecule has 0 unspecified atom stereocenters. The molecule has 0 saturated heterocycles. The second kappa shape index (κ2) is 10.8. The molecule has 142 valence electrons. The quantitative estimate of drug-likeness (QED) is 0.338. The molecule has 2 aromatic rings. The molecule has 0 saturated carbocycles. The van der Waals surface area contributed by atoms with Gasteiger partial charge in [0.05, 0.1) is 0 Å². The van der Waals surface area contributed by atoms with Crippen molar-refractivity contribution in [1.29, 1.82) is 5.26 Å². The van der Waals surface area contributed by atoms with Gasteiger partial charge in [0.15, 0.2) is 0 Å². The van der Waals surface area contributed by atoms with Crippen LogP contribution in [0, 0.1) is 11.3 Å². The van der Waals surface area contributed by atoms with Gasteiger partial charge >= 0.3 is 0 Å². The Morgan fingerprint density at radius 2 is 1.93 bits per heavy atom. The van der Waals surface area contributed by atoms with Crippen molar-refractivity contribution in [3.63, 3.8) is 0 Å². The van der Waals surface area contributed by atoms with E-state index in [0.717, 1.165) is 24.8 Å². The Morgan fingerprint density at radius 1 is 1.19 bits per heavy atom. The number of hydrogen-bond donors (Lipinski definition) is 3. The second-order valence-electron chi connectivity index (χ2n) is 6.07. The minimum atomic E-state index is -0.429. The number of nitriles is 1. The minimum absolute atomic E-state index is 0.0148. The number of phenolic OH excluding ortho intramolecular Hbond substituents is 1. The van der Waals surface area contributed by atoms with Gasteiger partial charge in [-0.3, -0.25) is 4.79 Å². The summed E-state index contributed by atoms with van der Waals surface area (Å²) in [6.45, 7) is 3.88. The maximum Gasteiger partial charge on any atom is 0.263 e. The summed E-state index contributed by atoms with van der Waals surface area (Å²) in [5.41, 5.74) is 0.687. The third-order valence-electron chi connectivity index (χ3n) is 4.03. The summed E-state index contributed by atoms with van der Waals surface area (Å²) in [6, 6.07) is 12.5. The lowest BCUT2D eigenvalue weighted by Crippen LogP contribution is -2.26. The molecule has 6 nitrogen and oxygen atoms in total. The van der Waals surface area contributed by atoms with E-state index in [0.29, 0.717) is 30.6 Å². The van der Waals surface area contributed by atoms with E-state index in [4.69, 9.17) is 4.74 Å². The summed E-state index contributed by atoms with van der Waals surface area (Å²) in [4.78, 5) is 12.1. The zero-order valence-corrected chi connectivity index (χ0v) is 15.5. The van der Waals surface area contributed by atoms with E-state index in [2.05, 4.69) is 17.6 Å². The molecule has 0 fully saturated rings. The molecule has 0 bridgehead atoms. The summed E-state index contributed by atoms with van der Waals surface area (Å²) in [5.74, 6) is -0.249. The van der Waals surface area contributed by atoms with E-state index >= 15 is 0 Å². The molecular formula is C21H25N3O3. The number of aromatic hydroxyl groups is 1. The Bertz CT molecular complexity index is 840. The average molecular weight is 367 g/mol. The number of nitrogens with one attached hydrogen (secondary N) is 2. The smallest absolute Gasteiger partial charge is 0.263 e. The topological polar surface area (TPSA) is 94.4 Å². The molecule has 6 heteroatoms. The van der Waals surface area contributed by atoms with Crippen molar-refractivity contribution in [2.75, 3.05) is 25.1 Å². The van der Waals surface area contributed by atoms with E-state index in [9.17, 15) is 15.2 Å². The number of rotatable bonds is 10. The van der Waals surface area contributed by atoms with Gasteiger partial charge in [-0.05, 0) is 25.0 Å². The monoisotopic (exact) mass is 367 g/mol. The van der Waals surface area contributed by atoms with Gasteiger partial charge in [0, 0.05) is 42.4 Å². The molecule has 0 aliphatic rings. The largest absolute Gasteiger partial charge is 0.507 e. The fraction of sp³-hybridized carbons (Fsp3) is 0.333. The van der Waals surface area contributed by atoms with Crippen molar-refractivity contribution in [1.82, 2.24) is 5.32 Å². The molecule has 2 aromatic carbocycles. The Labute approximate surface area is 159 Å². The van der Waals surface area contributed by atoms with Gasteiger partial charge < -0.3 is 20.5 Å². The lowest BCUT2D eigenvalue weighted by Gasteiger charge is -2.08. The average Bonchev–Trinajstić information content (AvgIpc) is 2.68. The van der Waals surface area contributed by atoms with Crippen LogP contribution in [0.25, 0.3) is 10.8 Å². The Kier molecular flexibility index (Phi) is 8.14. The number of carbonyl (C=O) groups is 1. The molecule has 0 aliphatic carbocycles. The van der Waals surface area contributed by atoms with Crippen LogP contribution in [0.2, 0.25) is 0 Å². The van der Waals surface area contributed by atoms with Crippen molar-refractivity contribution < 1.29 is 14.6 Å². The molecule has 1 amide bonds. The van der Waals surface area contributed by atoms with Gasteiger partial charge in [0.1, 0.15) is 17.4 Å². The predicted octanol–water partition coefficient (Wildman–Crippen LogP) is 3.69. The molecular weight excluding hydrogens is 342 g/mol. The zero-order chi connectivity index (χ0) is 19.5. The van der Waals surface area contributed by atoms with Crippen LogP contribution >= 0.6 is 0 Å². The maximum absolute atomic E-state index is 12.1. The number of phenols is 1. The van der Waals surface area contributed by atoms with Gasteiger partial charge in [0.2, 0.25) is 0 Å². The van der Waals surface area contributed by atoms with Gasteiger partial charge in [-0.1, -0.05) is 37.6 Å². The van der Waals surface area contributed by atoms with Crippen molar-refractivity contribution in [3.05, 3.63) is 48.2 Å². The van der Waals surface area contributed by atoms with Crippen LogP contribution in [0.1, 0.15) is 26.2 Å². The van der Waals surface area contributed by atoms with Crippen molar-refractivity contribution in [2.45, 2.75) is 26.2 Å². The van der Waals surface area contributed by atoms with Gasteiger partial charge in [-0.15, -0.1) is 0 Å². The molecule has 2 rings (SSSR count). The number of benzene rings is 2. The van der Waals surface area contributed by atoms with Crippen molar-refractivity contribution in [2.24, 2.45) is 0 Å². The highest BCUT2D eigenvalue weighted by atomic mass is 16.5. The summed E-state index contributed by atoms with van der Waals surface area (Å²) >= 11 is 0. The van der Waals surface area contributed by atoms with Crippen LogP contribution in [0.5, 0.6) is 5.75 Å². The van der Waals surface area contributed by atoms with Crippen LogP contribution in [-0.2, 0) is 9.53 Å². The molecule has 0 spiro atoms. The zero-order valence-electron chi connectivity index (χ0n) is 15.5. The minimum Gasteiger partial charge on any atom is -0.507 e. The fourth-order valence-corrected chi connectivity index (χ4v) is 2.54. The van der Waals surface area contributed by atoms with Gasteiger partial charge in [0.25, 0.3) is 5.91 Å². The highest BCUT2D eigenvalue weighted by molar-refractivity contribution is 6.00. The van der Waals surface area contributed by atoms with E-state index in [-0.39, 0.29) is 11.3 Å². The van der Waals surface area contributed by atoms with Crippen LogP contribution in [-0.4, -0.2) is 30.8 Å². The Morgan fingerprint density at radius 3 is 2.70 bits per heavy atom. The van der Waals surface area contributed by atoms with Gasteiger partial charge in [-0.25, -0.2) is 0 Å². The Hall–Kier alpha value is -3.04. The highest BCUT2D eigenvalue weighted by Gasteiger charge is 2.09. The van der Waals surface area contributed by atoms with Crippen LogP contribution in [0.3, 0.4) is 0 Å². The number of ether oxygens (including phenoxy) is 1. The first-order valence-electron chi connectivity index (χ1n) is 9.10. The number of fused-ring (bicyclic) bond motifs is 1. The first-order valence-corrected chi connectivity index (χ1v) is 9.10. The van der Waals surface area contributed by atoms with E-state index in [1.807, 2.05) is 18.2 Å². The van der Waals surface area contributed by atoms with Crippen LogP contribution < -0.4 is 10.6 Å². The first kappa shape index (κ1) is 20.3. The van der Waals surface area contributed by atoms with Crippen molar-refractivity contribution >= 4 is 22.4 Å². The number of carbonyl (C=O) groups excluding carboxylic acids is 1. The molecule has 0 atom stereocenters. The van der Waals surface area contributed by atoms with Crippen LogP contribution in [0.15, 0.2) is 48.2 Å². The third kappa shape index (κ3) is 6.01. The predicted molar refractivity (Wildman–Crippen MR) is 106 cm³/mol. The van der Waals surface area contributed by atoms with E-state index in [1.54, 1.807) is 24.3 Å². The summed E-state index contributed by atoms with van der Waals surface area (Å²) in [7, 11) is 0. The summed E-state index contributed by atoms with van der Waals surface area (Å²) in [5, 5.41) is 26.4. The lowest BCUT2D eigenvalue weighted by atomic mass is 10.1. The second-order valence-corrected chi connectivity index (χ2v) is 6.07. The van der Waals surface area contributed by atoms with E-state index < -0.39 is 5.91 Å². The SMILES string of the molecule is CCCCOCCCNC(=O)/C(C#N)=C\Nc1cccc2c(O)cccc12. The fourth-order valence-electron chi connectivity index (χ4n) is 2.54. The molecule has 27 heavy (non-hydrogen) atoms. The Balaban J connectivity index is 1.92. The number of nitrogens with zero attached hydrogens (tertiary/aromatic N) is 1. The standard InChI is InChI=1S/C21H25N3O3/c1-2-3-12-27-13-6-11-23-21(26)16(14-22)15-24-19-9-4-8-18-17(19)7-5-10-20(18)25/h4-5,7-10,15,24-25H,2-3,6,11-13H2,1H3,(H,23,26)/b16-15-. The van der Waals surface area contributed by atoms with Crippen molar-refractivity contribution in [3.8, 4) is 11.8 Å². The molecule has 0 radical (unpaired) electrons. The molecule has 0 aromatic heterocycles. The number of unbranched alkanes of at least 4 members (excludes halogenated alkanes) is 1. The molecule has 3 N–H and O–H groups in total. The van der Waals surface area contributed by atoms with Gasteiger partial charge in [-0.2, -0.15) is 5.26 Å². The lowest BCUT2D eigenvalue weighted by molar-refractivity contribution is -0.117. The highest BCUT2D eigenvalue weighted by Crippen LogP contribution is 2.29. The molecule has 0 aliphatic heterocycles. The number of amides is 1. The summed E-state index contributed by atoms with van der Waals surface area (Å²) in [6.07, 6.45) is 4.21. The van der Waals surface area contributed by atoms with E-state index in [1.165, 1.54) is 6.20 Å². The number of hydrogen-bond acceptors (Lipinski definition) is 5. The molecule has 0 heterocycles. The third-order valence-corrected chi connectivity index (χ3v) is 4.03. The van der Waals surface area contributed by atoms with Crippen LogP contribution in [0.4, 0.5) is 5.69 Å². The first-order chi connectivity index (χ1) is 13.2. The summed E-state index contributed by atoms with van der Waals surface area (Å²) < 4.78 is 5.43. The maximum atomic E-state index is 12.1. The normalized spacial score (nSPS) is 11.2. The number of anilines is 1.